The molecule has 3 atom stereocenters. The van der Waals surface area contributed by atoms with Crippen molar-refractivity contribution in [3.63, 3.8) is 0 Å². The lowest BCUT2D eigenvalue weighted by Gasteiger charge is -2.36. The molecule has 0 radical (unpaired) electrons. The van der Waals surface area contributed by atoms with Gasteiger partial charge in [-0.3, -0.25) is 4.79 Å². The highest BCUT2D eigenvalue weighted by molar-refractivity contribution is 7.91. The molecule has 0 fully saturated rings. The predicted octanol–water partition coefficient (Wildman–Crippen LogP) is 8.36. The minimum atomic E-state index is -4.35. The lowest BCUT2D eigenvalue weighted by Crippen LogP contribution is -2.55. The van der Waals surface area contributed by atoms with Crippen LogP contribution in [0.25, 0.3) is 11.1 Å². The summed E-state index contributed by atoms with van der Waals surface area (Å²) in [4.78, 5) is 31.3. The van der Waals surface area contributed by atoms with Crippen LogP contribution in [-0.2, 0) is 45.6 Å². The number of carbonyl (C=O) groups is 2. The molecule has 0 bridgehead atoms. The Morgan fingerprint density at radius 1 is 0.952 bits per heavy atom. The van der Waals surface area contributed by atoms with Crippen LogP contribution in [0.1, 0.15) is 45.2 Å². The third kappa shape index (κ3) is 9.46. The van der Waals surface area contributed by atoms with Gasteiger partial charge in [-0.1, -0.05) is 89.1 Å². The number of hydrogen-bond acceptors (Lipinski definition) is 11. The molecule has 3 heterocycles. The number of rotatable bonds is 13. The second-order valence-electron chi connectivity index (χ2n) is 15.0. The number of halogens is 2. The van der Waals surface area contributed by atoms with Gasteiger partial charge in [0.25, 0.3) is 10.0 Å². The molecule has 322 valence electrons. The van der Waals surface area contributed by atoms with Crippen LogP contribution in [-0.4, -0.2) is 60.4 Å². The first-order valence-electron chi connectivity index (χ1n) is 19.7. The van der Waals surface area contributed by atoms with Crippen molar-refractivity contribution in [1.29, 1.82) is 5.26 Å². The van der Waals surface area contributed by atoms with Crippen molar-refractivity contribution in [3.8, 4) is 34.4 Å². The number of carbonyl (C=O) groups excluding carboxylic acids is 1. The monoisotopic (exact) mass is 923 g/mol. The SMILES string of the molecule is CNc1nc(C)c(S(=O)(=O)N2Cc3cc4c(cc3C[C@H]2C(=O)N[C@@H](Cc2ccc(-c3ccc(C#N)cc3)cc2)C(=O)O)OC[C@H](c2ccc(OCc3ccc(Cl)c(Cl)c3)cc2)O4)s1. The van der Waals surface area contributed by atoms with Gasteiger partial charge < -0.3 is 30.0 Å². The predicted molar refractivity (Wildman–Crippen MR) is 239 cm³/mol. The van der Waals surface area contributed by atoms with Gasteiger partial charge in [-0.2, -0.15) is 9.57 Å². The molecule has 1 aromatic heterocycles. The normalized spacial score (nSPS) is 16.3. The van der Waals surface area contributed by atoms with E-state index < -0.39 is 40.1 Å². The van der Waals surface area contributed by atoms with E-state index in [2.05, 4.69) is 21.7 Å². The van der Waals surface area contributed by atoms with Crippen molar-refractivity contribution in [2.45, 2.75) is 55.3 Å². The van der Waals surface area contributed by atoms with Gasteiger partial charge in [0.1, 0.15) is 31.0 Å². The summed E-state index contributed by atoms with van der Waals surface area (Å²) in [6.45, 7) is 1.86. The molecule has 2 aliphatic heterocycles. The number of amides is 1. The van der Waals surface area contributed by atoms with E-state index in [-0.39, 0.29) is 35.9 Å². The lowest BCUT2D eigenvalue weighted by molar-refractivity contribution is -0.142. The highest BCUT2D eigenvalue weighted by atomic mass is 35.5. The maximum absolute atomic E-state index is 14.5. The van der Waals surface area contributed by atoms with Crippen LogP contribution in [0.3, 0.4) is 0 Å². The van der Waals surface area contributed by atoms with Crippen LogP contribution >= 0.6 is 34.5 Å². The van der Waals surface area contributed by atoms with E-state index in [9.17, 15) is 23.1 Å². The number of nitrogens with zero attached hydrogens (tertiary/aromatic N) is 3. The van der Waals surface area contributed by atoms with Gasteiger partial charge in [-0.15, -0.1) is 0 Å². The first kappa shape index (κ1) is 43.5. The maximum atomic E-state index is 14.5. The number of hydrogen-bond donors (Lipinski definition) is 3. The summed E-state index contributed by atoms with van der Waals surface area (Å²) in [5.74, 6) is -0.555. The van der Waals surface area contributed by atoms with Gasteiger partial charge in [0, 0.05) is 20.0 Å². The number of benzene rings is 5. The molecular formula is C46H39Cl2N5O8S2. The van der Waals surface area contributed by atoms with Crippen LogP contribution in [0, 0.1) is 18.3 Å². The molecule has 0 saturated heterocycles. The Hall–Kier alpha value is -6.15. The number of thiazole rings is 1. The Bertz CT molecular complexity index is 2850. The van der Waals surface area contributed by atoms with E-state index >= 15 is 0 Å². The largest absolute Gasteiger partial charge is 0.489 e. The molecule has 0 aliphatic carbocycles. The molecule has 0 saturated carbocycles. The molecule has 5 aromatic carbocycles. The van der Waals surface area contributed by atoms with Crippen LogP contribution in [0.4, 0.5) is 5.13 Å². The van der Waals surface area contributed by atoms with Crippen LogP contribution in [0.5, 0.6) is 17.2 Å². The summed E-state index contributed by atoms with van der Waals surface area (Å²) in [5, 5.41) is 26.3. The van der Waals surface area contributed by atoms with E-state index in [1.165, 1.54) is 0 Å². The zero-order valence-corrected chi connectivity index (χ0v) is 36.9. The summed E-state index contributed by atoms with van der Waals surface area (Å²) < 4.78 is 48.7. The summed E-state index contributed by atoms with van der Waals surface area (Å²) >= 11 is 13.1. The number of ether oxygens (including phenoxy) is 3. The van der Waals surface area contributed by atoms with Gasteiger partial charge in [0.2, 0.25) is 5.91 Å². The Balaban J connectivity index is 1.01. The number of aryl methyl sites for hydroxylation is 1. The number of aliphatic carboxylic acids is 1. The minimum Gasteiger partial charge on any atom is -0.489 e. The fourth-order valence-corrected chi connectivity index (χ4v) is 10.8. The number of anilines is 1. The smallest absolute Gasteiger partial charge is 0.326 e. The second kappa shape index (κ2) is 18.3. The zero-order chi connectivity index (χ0) is 44.4. The molecule has 0 spiro atoms. The van der Waals surface area contributed by atoms with Gasteiger partial charge in [-0.25, -0.2) is 18.2 Å². The number of fused-ring (bicyclic) bond motifs is 2. The van der Waals surface area contributed by atoms with Crippen molar-refractivity contribution in [1.82, 2.24) is 14.6 Å². The Morgan fingerprint density at radius 3 is 2.29 bits per heavy atom. The molecule has 63 heavy (non-hydrogen) atoms. The first-order chi connectivity index (χ1) is 30.3. The molecule has 8 rings (SSSR count). The topological polar surface area (TPSA) is 180 Å². The number of aromatic nitrogens is 1. The van der Waals surface area contributed by atoms with E-state index in [1.807, 2.05) is 54.6 Å². The first-order valence-corrected chi connectivity index (χ1v) is 22.7. The molecule has 6 aromatic rings. The number of carboxylic acids is 1. The van der Waals surface area contributed by atoms with Gasteiger partial charge >= 0.3 is 5.97 Å². The maximum Gasteiger partial charge on any atom is 0.326 e. The van der Waals surface area contributed by atoms with Crippen molar-refractivity contribution >= 4 is 61.6 Å². The zero-order valence-electron chi connectivity index (χ0n) is 33.8. The molecule has 17 heteroatoms. The Labute approximate surface area is 377 Å². The summed E-state index contributed by atoms with van der Waals surface area (Å²) in [5.41, 5.74) is 6.15. The van der Waals surface area contributed by atoms with Crippen LogP contribution < -0.4 is 24.8 Å². The van der Waals surface area contributed by atoms with E-state index in [0.717, 1.165) is 37.9 Å². The van der Waals surface area contributed by atoms with Crippen molar-refractivity contribution in [2.75, 3.05) is 19.0 Å². The van der Waals surface area contributed by atoms with Gasteiger partial charge in [0.05, 0.1) is 27.4 Å². The molecule has 13 nitrogen and oxygen atoms in total. The summed E-state index contributed by atoms with van der Waals surface area (Å²) in [7, 11) is -2.71. The number of nitriles is 1. The molecule has 2 aliphatic rings. The third-order valence-electron chi connectivity index (χ3n) is 10.8. The van der Waals surface area contributed by atoms with Gasteiger partial charge in [-0.05, 0) is 101 Å². The molecule has 1 amide bonds. The number of sulfonamides is 1. The second-order valence-corrected chi connectivity index (χ2v) is 18.9. The van der Waals surface area contributed by atoms with E-state index in [4.69, 9.17) is 42.7 Å². The molecular weight excluding hydrogens is 886 g/mol. The minimum absolute atomic E-state index is 0.0350. The third-order valence-corrected chi connectivity index (χ3v) is 15.2. The quantitative estimate of drug-likeness (QED) is 0.101. The fraction of sp³-hybridized carbons (Fsp3) is 0.217. The lowest BCUT2D eigenvalue weighted by atomic mass is 9.94. The van der Waals surface area contributed by atoms with E-state index in [1.54, 1.807) is 62.5 Å². The van der Waals surface area contributed by atoms with Crippen molar-refractivity contribution in [2.24, 2.45) is 0 Å². The molecule has 3 N–H and O–H groups in total. The summed E-state index contributed by atoms with van der Waals surface area (Å²) in [6, 6.07) is 30.0. The summed E-state index contributed by atoms with van der Waals surface area (Å²) in [6.07, 6.45) is -0.605. The van der Waals surface area contributed by atoms with E-state index in [0.29, 0.717) is 61.3 Å². The highest BCUT2D eigenvalue weighted by Crippen LogP contribution is 2.42. The standard InChI is InChI=1S/C46H39Cl2N5O8S2/c1-26-45(62-46(50-2)51-26)63(57,58)53-23-34-21-41-40(60-25-42(61-41)32-12-14-35(15-13-32)59-24-29-7-16-36(47)37(48)17-29)20-33(34)19-39(53)43(54)52-38(44(55)56)18-27-3-8-30(9-4-27)31-10-5-28(22-49)6-11-31/h3-17,20-21,38-39,42H,18-19,23-25H2,1-2H3,(H,50,51)(H,52,54)(H,55,56)/t38-,39-,42+/m0/s1. The van der Waals surface area contributed by atoms with Crippen molar-refractivity contribution in [3.05, 3.63) is 152 Å². The number of nitrogens with one attached hydrogen (secondary N) is 2. The van der Waals surface area contributed by atoms with Gasteiger partial charge in [0.15, 0.2) is 26.9 Å². The molecule has 0 unspecified atom stereocenters. The van der Waals surface area contributed by atoms with Crippen molar-refractivity contribution < 1.29 is 37.3 Å². The average molecular weight is 925 g/mol. The Kier molecular flexibility index (Phi) is 12.6. The van der Waals surface area contributed by atoms with Crippen LogP contribution in [0.2, 0.25) is 10.0 Å². The average Bonchev–Trinajstić information content (AvgIpc) is 3.69. The Morgan fingerprint density at radius 2 is 1.63 bits per heavy atom. The van der Waals surface area contributed by atoms with Crippen LogP contribution in [0.15, 0.2) is 107 Å². The fourth-order valence-electron chi connectivity index (χ4n) is 7.45. The highest BCUT2D eigenvalue weighted by Gasteiger charge is 2.43. The number of carboxylic acid groups (broad SMARTS) is 1.